The van der Waals surface area contributed by atoms with Crippen molar-refractivity contribution < 1.29 is 67.5 Å². The molecule has 1 heterocycles. The van der Waals surface area contributed by atoms with Gasteiger partial charge in [0.1, 0.15) is 31.9 Å². The molecule has 1 saturated heterocycles. The van der Waals surface area contributed by atoms with Crippen molar-refractivity contribution >= 4 is 80.6 Å². The van der Waals surface area contributed by atoms with Crippen molar-refractivity contribution in [2.45, 2.75) is 217 Å². The summed E-state index contributed by atoms with van der Waals surface area (Å²) in [6.07, 6.45) is 2.34. The van der Waals surface area contributed by atoms with Gasteiger partial charge in [-0.1, -0.05) is 188 Å². The maximum Gasteiger partial charge on any atom is 0.408 e. The number of nitrogens with one attached hydrogen (secondary N) is 1. The Bertz CT molecular complexity index is 3060. The average molecular weight is 1280 g/mol. The Morgan fingerprint density at radius 2 is 1.43 bits per heavy atom. The smallest absolute Gasteiger partial charge is 0.408 e. The molecule has 2 unspecified atom stereocenters. The second-order valence-corrected chi connectivity index (χ2v) is 29.6. The lowest BCUT2D eigenvalue weighted by atomic mass is 9.42. The van der Waals surface area contributed by atoms with Gasteiger partial charge in [-0.2, -0.15) is 5.26 Å². The zero-order valence-corrected chi connectivity index (χ0v) is 55.3. The van der Waals surface area contributed by atoms with Gasteiger partial charge in [-0.3, -0.25) is 19.2 Å². The monoisotopic (exact) mass is 1280 g/mol. The molecule has 4 aliphatic rings. The number of aliphatic hydroxyl groups excluding tert-OH is 1. The number of ketones is 3. The van der Waals surface area contributed by atoms with Gasteiger partial charge < -0.3 is 39.2 Å². The third-order valence-corrected chi connectivity index (χ3v) is 22.0. The van der Waals surface area contributed by atoms with Crippen LogP contribution in [0, 0.1) is 33.5 Å². The number of aliphatic hydroxyl groups is 2. The number of carbonyl (C=O) groups is 7. The summed E-state index contributed by atoms with van der Waals surface area (Å²) >= 11 is 8.55. The van der Waals surface area contributed by atoms with Crippen molar-refractivity contribution in [3.05, 3.63) is 119 Å². The van der Waals surface area contributed by atoms with Crippen LogP contribution in [0.1, 0.15) is 197 Å². The van der Waals surface area contributed by atoms with Crippen LogP contribution in [0.25, 0.3) is 0 Å². The minimum absolute atomic E-state index is 0.0149. The number of hydrogen-bond acceptors (Lipinski definition) is 18. The van der Waals surface area contributed by atoms with Crippen molar-refractivity contribution in [3.63, 3.8) is 0 Å². The Labute approximate surface area is 539 Å². The Morgan fingerprint density at radius 1 is 0.831 bits per heavy atom. The lowest BCUT2D eigenvalue weighted by molar-refractivity contribution is -0.313. The molecule has 0 radical (unpaired) electrons. The molecule has 3 aromatic rings. The average Bonchev–Trinajstić information content (AvgIpc) is 0.678. The zero-order valence-electron chi connectivity index (χ0n) is 52.9. The zero-order chi connectivity index (χ0) is 64.7. The van der Waals surface area contributed by atoms with Crippen LogP contribution in [0.5, 0.6) is 0 Å². The van der Waals surface area contributed by atoms with Crippen LogP contribution in [0.4, 0.5) is 4.79 Å². The summed E-state index contributed by atoms with van der Waals surface area (Å²) < 4.78 is 31.0. The van der Waals surface area contributed by atoms with Gasteiger partial charge >= 0.3 is 24.0 Å². The van der Waals surface area contributed by atoms with E-state index in [9.17, 15) is 39.4 Å². The molecule has 19 heteroatoms. The van der Waals surface area contributed by atoms with Gasteiger partial charge in [-0.15, -0.1) is 11.8 Å². The van der Waals surface area contributed by atoms with Gasteiger partial charge in [0.05, 0.1) is 35.9 Å². The van der Waals surface area contributed by atoms with Crippen LogP contribution in [-0.2, 0) is 42.9 Å². The van der Waals surface area contributed by atoms with Crippen LogP contribution in [0.15, 0.2) is 102 Å². The van der Waals surface area contributed by atoms with Crippen molar-refractivity contribution in [2.75, 3.05) is 18.9 Å². The van der Waals surface area contributed by atoms with E-state index in [1.807, 2.05) is 6.92 Å². The second kappa shape index (κ2) is 31.5. The first-order chi connectivity index (χ1) is 42.3. The molecule has 0 aromatic heterocycles. The molecule has 2 bridgehead atoms. The number of fused-ring (bicyclic) bond motifs is 5. The van der Waals surface area contributed by atoms with E-state index in [0.29, 0.717) is 14.7 Å². The number of nitrogens with zero attached hydrogens (tertiary/aromatic N) is 1. The van der Waals surface area contributed by atoms with Gasteiger partial charge in [0.15, 0.2) is 17.7 Å². The normalized spacial score (nSPS) is 26.4. The van der Waals surface area contributed by atoms with Gasteiger partial charge in [-0.25, -0.2) is 14.4 Å². The molecule has 3 fully saturated rings. The molecular formula is C70H90N2O14S3. The fourth-order valence-corrected chi connectivity index (χ4v) is 16.8. The SMILES string of the molecule is CCCCCCCCCCCCSC(=S)SC(C)(C#N)CCC(=O)CCCNC(=O)O[C@@H](C(=O)O[C@H]1CC2(O)[C@@H](OC(=O)c3ccccc3)[C@H]3[C@]4(C)CO[C@@H]4C[C@H](O)[C@@]3(C)C(=O)[C@H](OC(C)=O)C(=C1C)C2(C)C)[C@@H](CC(=O)c1ccccc1)c1ccccc1. The third kappa shape index (κ3) is 16.7. The van der Waals surface area contributed by atoms with Gasteiger partial charge in [0.25, 0.3) is 0 Å². The highest BCUT2D eigenvalue weighted by molar-refractivity contribution is 8.47. The molecule has 3 aliphatic carbocycles. The molecule has 12 atom stereocenters. The van der Waals surface area contributed by atoms with Gasteiger partial charge in [0, 0.05) is 73.8 Å². The Balaban J connectivity index is 1.12. The molecule has 3 aromatic carbocycles. The highest BCUT2D eigenvalue weighted by atomic mass is 32.2. The van der Waals surface area contributed by atoms with E-state index < -0.39 is 111 Å². The minimum Gasteiger partial charge on any atom is -0.455 e. The molecule has 0 spiro atoms. The third-order valence-electron chi connectivity index (χ3n) is 19.2. The van der Waals surface area contributed by atoms with E-state index in [-0.39, 0.29) is 80.0 Å². The molecule has 3 N–H and O–H groups in total. The van der Waals surface area contributed by atoms with Crippen molar-refractivity contribution in [1.29, 1.82) is 5.26 Å². The number of amides is 1. The molecule has 482 valence electrons. The molecule has 89 heavy (non-hydrogen) atoms. The van der Waals surface area contributed by atoms with E-state index in [2.05, 4.69) is 18.3 Å². The molecule has 2 saturated carbocycles. The van der Waals surface area contributed by atoms with Crippen LogP contribution in [-0.4, -0.2) is 121 Å². The lowest BCUT2D eigenvalue weighted by Crippen LogP contribution is -2.78. The fourth-order valence-electron chi connectivity index (χ4n) is 13.8. The highest BCUT2D eigenvalue weighted by Gasteiger charge is 2.75. The summed E-state index contributed by atoms with van der Waals surface area (Å²) in [4.78, 5) is 101. The van der Waals surface area contributed by atoms with Crippen LogP contribution in [0.3, 0.4) is 0 Å². The maximum atomic E-state index is 15.8. The summed E-state index contributed by atoms with van der Waals surface area (Å²) in [5.74, 6) is -5.56. The Hall–Kier alpha value is -5.75. The number of benzene rings is 3. The Kier molecular flexibility index (Phi) is 25.0. The van der Waals surface area contributed by atoms with Crippen molar-refractivity contribution in [3.8, 4) is 6.07 Å². The molecule has 1 amide bonds. The quantitative estimate of drug-likeness (QED) is 0.0140. The minimum atomic E-state index is -2.29. The predicted molar refractivity (Wildman–Crippen MR) is 347 cm³/mol. The lowest BCUT2D eigenvalue weighted by Gasteiger charge is -2.68. The van der Waals surface area contributed by atoms with E-state index in [1.54, 1.807) is 137 Å². The number of nitriles is 1. The van der Waals surface area contributed by atoms with Crippen molar-refractivity contribution in [1.82, 2.24) is 5.32 Å². The van der Waals surface area contributed by atoms with E-state index in [1.165, 1.54) is 63.1 Å². The van der Waals surface area contributed by atoms with Crippen LogP contribution < -0.4 is 5.32 Å². The van der Waals surface area contributed by atoms with E-state index in [0.717, 1.165) is 25.5 Å². The van der Waals surface area contributed by atoms with Gasteiger partial charge in [-0.05, 0) is 74.6 Å². The predicted octanol–water partition coefficient (Wildman–Crippen LogP) is 13.1. The number of Topliss-reactive ketones (excluding diaryl/α,β-unsaturated/α-hetero) is 3. The first-order valence-corrected chi connectivity index (χ1v) is 33.8. The Morgan fingerprint density at radius 3 is 2.01 bits per heavy atom. The summed E-state index contributed by atoms with van der Waals surface area (Å²) in [5.41, 5.74) is -5.61. The maximum absolute atomic E-state index is 15.8. The topological polar surface area (TPSA) is 242 Å². The largest absolute Gasteiger partial charge is 0.455 e. The molecule has 1 aliphatic heterocycles. The molecular weight excluding hydrogens is 1190 g/mol. The number of thiocarbonyl (C=S) groups is 1. The number of alkyl carbamates (subject to hydrolysis) is 1. The number of ether oxygens (including phenoxy) is 5. The van der Waals surface area contributed by atoms with Crippen molar-refractivity contribution in [2.24, 2.45) is 22.2 Å². The van der Waals surface area contributed by atoms with Crippen LogP contribution in [0.2, 0.25) is 0 Å². The first-order valence-electron chi connectivity index (χ1n) is 31.6. The van der Waals surface area contributed by atoms with E-state index in [4.69, 9.17) is 35.9 Å². The summed E-state index contributed by atoms with van der Waals surface area (Å²) in [6.45, 7) is 13.4. The second-order valence-electron chi connectivity index (χ2n) is 25.8. The molecule has 7 rings (SSSR count). The summed E-state index contributed by atoms with van der Waals surface area (Å²) in [7, 11) is 0. The molecule has 16 nitrogen and oxygen atoms in total. The summed E-state index contributed by atoms with van der Waals surface area (Å²) in [6, 6.07) is 27.4. The summed E-state index contributed by atoms with van der Waals surface area (Å²) in [5, 5.41) is 39.1. The number of unbranched alkanes of at least 4 members (excludes halogenated alkanes) is 9. The number of carbonyl (C=O) groups excluding carboxylic acids is 7. The number of rotatable bonds is 30. The van der Waals surface area contributed by atoms with Crippen LogP contribution >= 0.6 is 35.7 Å². The van der Waals surface area contributed by atoms with E-state index >= 15 is 9.59 Å². The number of thioether (sulfide) groups is 2. The fraction of sp³-hybridized carbons (Fsp3) is 0.586. The first kappa shape index (κ1) is 70.7. The number of hydrogen-bond donors (Lipinski definition) is 3. The number of esters is 3. The standard InChI is InChI=1S/C70H90N2O14S3/c1-9-10-11-12-13-14-15-16-17-27-39-88-65(87)89-67(6,43-71)37-36-50(74)35-28-38-72-64(80)85-57(51(47-29-21-18-22-30-47)40-52(75)48-31-23-19-24-32-48)63(79)84-53-42-70(81)61(86-62(78)49-33-25-20-26-34-49)59-68(7)44-82-55(68)41-54(76)69(59,8)60(77)58(83-46(3)73)56(45(53)2)66(70,4)5/h18-26,29-34,51,53-55,57-59,61,76,81H,9-17,27-28,35-42,44H2,1-8H3,(H,72,80)/t51-,53-,54-,55+,57+,58+,59-,61-,67?,68+,69+,70?/m0/s1. The van der Waals surface area contributed by atoms with Gasteiger partial charge in [0.2, 0.25) is 6.10 Å². The highest BCUT2D eigenvalue weighted by Crippen LogP contribution is 2.66.